The maximum absolute atomic E-state index is 9.78. The standard InChI is InChI=1S/C9H11BrO2/c1-5-4-6(5)8(11)9-7(10)2-3-12-9/h2-3,5-6,8,11H,4H2,1H3. The minimum Gasteiger partial charge on any atom is -0.465 e. The van der Waals surface area contributed by atoms with E-state index in [1.54, 1.807) is 6.26 Å². The third-order valence-electron chi connectivity index (χ3n) is 2.49. The fraction of sp³-hybridized carbons (Fsp3) is 0.556. The Kier molecular flexibility index (Phi) is 2.00. The fourth-order valence-corrected chi connectivity index (χ4v) is 1.94. The molecule has 0 radical (unpaired) electrons. The van der Waals surface area contributed by atoms with Gasteiger partial charge >= 0.3 is 0 Å². The van der Waals surface area contributed by atoms with Crippen LogP contribution < -0.4 is 0 Å². The second kappa shape index (κ2) is 2.89. The van der Waals surface area contributed by atoms with Crippen molar-refractivity contribution in [1.29, 1.82) is 0 Å². The Labute approximate surface area is 79.7 Å². The second-order valence-corrected chi connectivity index (χ2v) is 4.31. The van der Waals surface area contributed by atoms with Crippen LogP contribution in [0, 0.1) is 11.8 Å². The molecule has 1 heterocycles. The molecule has 1 aromatic rings. The molecule has 0 aromatic carbocycles. The number of furan rings is 1. The summed E-state index contributed by atoms with van der Waals surface area (Å²) in [6.07, 6.45) is 2.27. The van der Waals surface area contributed by atoms with E-state index >= 15 is 0 Å². The van der Waals surface area contributed by atoms with Gasteiger partial charge in [-0.1, -0.05) is 6.92 Å². The molecule has 1 N–H and O–H groups in total. The van der Waals surface area contributed by atoms with Crippen LogP contribution in [0.25, 0.3) is 0 Å². The van der Waals surface area contributed by atoms with Crippen LogP contribution in [-0.4, -0.2) is 5.11 Å². The maximum Gasteiger partial charge on any atom is 0.146 e. The van der Waals surface area contributed by atoms with E-state index in [0.29, 0.717) is 17.6 Å². The Morgan fingerprint density at radius 2 is 2.42 bits per heavy atom. The summed E-state index contributed by atoms with van der Waals surface area (Å²) in [4.78, 5) is 0. The summed E-state index contributed by atoms with van der Waals surface area (Å²) in [6, 6.07) is 1.81. The lowest BCUT2D eigenvalue weighted by Gasteiger charge is -2.06. The number of aliphatic hydroxyl groups is 1. The zero-order valence-electron chi connectivity index (χ0n) is 6.83. The average molecular weight is 231 g/mol. The van der Waals surface area contributed by atoms with Crippen molar-refractivity contribution >= 4 is 15.9 Å². The van der Waals surface area contributed by atoms with Crippen molar-refractivity contribution in [2.75, 3.05) is 0 Å². The van der Waals surface area contributed by atoms with E-state index in [1.807, 2.05) is 6.07 Å². The van der Waals surface area contributed by atoms with E-state index in [4.69, 9.17) is 4.42 Å². The van der Waals surface area contributed by atoms with Gasteiger partial charge in [0.25, 0.3) is 0 Å². The van der Waals surface area contributed by atoms with E-state index in [9.17, 15) is 5.11 Å². The Morgan fingerprint density at radius 1 is 1.75 bits per heavy atom. The molecule has 2 rings (SSSR count). The molecule has 0 bridgehead atoms. The van der Waals surface area contributed by atoms with E-state index in [1.165, 1.54) is 0 Å². The van der Waals surface area contributed by atoms with Crippen LogP contribution in [0.15, 0.2) is 21.2 Å². The van der Waals surface area contributed by atoms with Gasteiger partial charge in [0.15, 0.2) is 0 Å². The van der Waals surface area contributed by atoms with Crippen molar-refractivity contribution in [3.8, 4) is 0 Å². The molecule has 1 aliphatic rings. The summed E-state index contributed by atoms with van der Waals surface area (Å²) < 4.78 is 6.05. The van der Waals surface area contributed by atoms with Crippen LogP contribution >= 0.6 is 15.9 Å². The van der Waals surface area contributed by atoms with Crippen LogP contribution in [0.3, 0.4) is 0 Å². The molecule has 1 aromatic heterocycles. The van der Waals surface area contributed by atoms with Crippen molar-refractivity contribution < 1.29 is 9.52 Å². The Bertz CT molecular complexity index is 282. The molecule has 1 saturated carbocycles. The molecule has 3 heteroatoms. The molecule has 0 saturated heterocycles. The first-order valence-electron chi connectivity index (χ1n) is 4.11. The topological polar surface area (TPSA) is 33.4 Å². The van der Waals surface area contributed by atoms with Gasteiger partial charge in [0.1, 0.15) is 11.9 Å². The number of hydrogen-bond acceptors (Lipinski definition) is 2. The highest BCUT2D eigenvalue weighted by atomic mass is 79.9. The van der Waals surface area contributed by atoms with Crippen LogP contribution in [-0.2, 0) is 0 Å². The predicted octanol–water partition coefficient (Wildman–Crippen LogP) is 2.73. The lowest BCUT2D eigenvalue weighted by atomic mass is 10.1. The molecule has 66 valence electrons. The molecule has 3 unspecified atom stereocenters. The summed E-state index contributed by atoms with van der Waals surface area (Å²) in [7, 11) is 0. The molecule has 3 atom stereocenters. The van der Waals surface area contributed by atoms with Gasteiger partial charge in [0.2, 0.25) is 0 Å². The zero-order chi connectivity index (χ0) is 8.72. The first kappa shape index (κ1) is 8.32. The molecule has 0 amide bonds. The van der Waals surface area contributed by atoms with Gasteiger partial charge in [0.05, 0.1) is 10.7 Å². The van der Waals surface area contributed by atoms with Gasteiger partial charge in [-0.05, 0) is 40.3 Å². The predicted molar refractivity (Wildman–Crippen MR) is 48.6 cm³/mol. The van der Waals surface area contributed by atoms with Gasteiger partial charge in [-0.15, -0.1) is 0 Å². The van der Waals surface area contributed by atoms with Gasteiger partial charge in [-0.25, -0.2) is 0 Å². The summed E-state index contributed by atoms with van der Waals surface area (Å²) in [5.74, 6) is 1.70. The first-order valence-corrected chi connectivity index (χ1v) is 4.90. The maximum atomic E-state index is 9.78. The molecule has 12 heavy (non-hydrogen) atoms. The smallest absolute Gasteiger partial charge is 0.146 e. The summed E-state index contributed by atoms with van der Waals surface area (Å²) >= 11 is 3.33. The molecule has 0 spiro atoms. The lowest BCUT2D eigenvalue weighted by molar-refractivity contribution is 0.121. The number of rotatable bonds is 2. The van der Waals surface area contributed by atoms with Crippen molar-refractivity contribution in [3.63, 3.8) is 0 Å². The molecule has 1 aliphatic carbocycles. The van der Waals surface area contributed by atoms with E-state index in [2.05, 4.69) is 22.9 Å². The molecular formula is C9H11BrO2. The first-order chi connectivity index (χ1) is 5.70. The fourth-order valence-electron chi connectivity index (χ4n) is 1.50. The zero-order valence-corrected chi connectivity index (χ0v) is 8.41. The van der Waals surface area contributed by atoms with E-state index in [-0.39, 0.29) is 0 Å². The molecule has 0 aliphatic heterocycles. The Balaban J connectivity index is 2.14. The van der Waals surface area contributed by atoms with Crippen molar-refractivity contribution in [2.45, 2.75) is 19.4 Å². The lowest BCUT2D eigenvalue weighted by Crippen LogP contribution is -1.99. The molecule has 1 fully saturated rings. The summed E-state index contributed by atoms with van der Waals surface area (Å²) in [6.45, 7) is 2.14. The number of hydrogen-bond donors (Lipinski definition) is 1. The van der Waals surface area contributed by atoms with E-state index < -0.39 is 6.10 Å². The van der Waals surface area contributed by atoms with Crippen molar-refractivity contribution in [2.24, 2.45) is 11.8 Å². The highest BCUT2D eigenvalue weighted by Gasteiger charge is 2.41. The van der Waals surface area contributed by atoms with Gasteiger partial charge < -0.3 is 9.52 Å². The Morgan fingerprint density at radius 3 is 2.83 bits per heavy atom. The normalized spacial score (nSPS) is 30.2. The quantitative estimate of drug-likeness (QED) is 0.848. The van der Waals surface area contributed by atoms with Crippen LogP contribution in [0.1, 0.15) is 25.2 Å². The highest BCUT2D eigenvalue weighted by molar-refractivity contribution is 9.10. The SMILES string of the molecule is CC1CC1C(O)c1occc1Br. The van der Waals surface area contributed by atoms with E-state index in [0.717, 1.165) is 10.9 Å². The third kappa shape index (κ3) is 1.31. The van der Waals surface area contributed by atoms with Gasteiger partial charge in [-0.3, -0.25) is 0 Å². The van der Waals surface area contributed by atoms with Crippen LogP contribution in [0.2, 0.25) is 0 Å². The second-order valence-electron chi connectivity index (χ2n) is 3.45. The van der Waals surface area contributed by atoms with Crippen molar-refractivity contribution in [1.82, 2.24) is 0 Å². The third-order valence-corrected chi connectivity index (χ3v) is 3.15. The molecule has 2 nitrogen and oxygen atoms in total. The minimum absolute atomic E-state index is 0.396. The van der Waals surface area contributed by atoms with Crippen LogP contribution in [0.5, 0.6) is 0 Å². The summed E-state index contributed by atoms with van der Waals surface area (Å²) in [5, 5.41) is 9.78. The van der Waals surface area contributed by atoms with Gasteiger partial charge in [-0.2, -0.15) is 0 Å². The number of halogens is 1. The van der Waals surface area contributed by atoms with Gasteiger partial charge in [0, 0.05) is 0 Å². The highest BCUT2D eigenvalue weighted by Crippen LogP contribution is 2.48. The van der Waals surface area contributed by atoms with Crippen LogP contribution in [0.4, 0.5) is 0 Å². The van der Waals surface area contributed by atoms with Crippen molar-refractivity contribution in [3.05, 3.63) is 22.6 Å². The summed E-state index contributed by atoms with van der Waals surface area (Å²) in [5.41, 5.74) is 0. The monoisotopic (exact) mass is 230 g/mol. The number of aliphatic hydroxyl groups excluding tert-OH is 1. The Hall–Kier alpha value is -0.280. The largest absolute Gasteiger partial charge is 0.465 e. The molecular weight excluding hydrogens is 220 g/mol. The average Bonchev–Trinajstić information content (AvgIpc) is 2.59. The minimum atomic E-state index is -0.427.